The number of ether oxygens (including phenoxy) is 2. The van der Waals surface area contributed by atoms with E-state index in [0.717, 1.165) is 24.6 Å². The van der Waals surface area contributed by atoms with Crippen LogP contribution in [0, 0.1) is 5.92 Å². The molecule has 0 radical (unpaired) electrons. The average molecular weight is 464 g/mol. The van der Waals surface area contributed by atoms with Crippen molar-refractivity contribution in [2.45, 2.75) is 123 Å². The van der Waals surface area contributed by atoms with Gasteiger partial charge in [-0.2, -0.15) is 0 Å². The van der Waals surface area contributed by atoms with Crippen molar-refractivity contribution >= 4 is 22.1 Å². The average Bonchev–Trinajstić information content (AvgIpc) is 2.69. The summed E-state index contributed by atoms with van der Waals surface area (Å²) in [5.41, 5.74) is 0. The van der Waals surface area contributed by atoms with Gasteiger partial charge in [-0.3, -0.25) is 0 Å². The first-order chi connectivity index (χ1) is 13.7. The van der Waals surface area contributed by atoms with Gasteiger partial charge in [-0.05, 0) is 25.2 Å². The zero-order valence-corrected chi connectivity index (χ0v) is 20.4. The van der Waals surface area contributed by atoms with Crippen molar-refractivity contribution in [3.63, 3.8) is 0 Å². The van der Waals surface area contributed by atoms with Gasteiger partial charge in [0.2, 0.25) is 0 Å². The van der Waals surface area contributed by atoms with Crippen molar-refractivity contribution < 1.29 is 14.3 Å². The van der Waals surface area contributed by atoms with Gasteiger partial charge in [-0.25, -0.2) is 4.79 Å². The monoisotopic (exact) mass is 462 g/mol. The summed E-state index contributed by atoms with van der Waals surface area (Å²) in [6.45, 7) is 5.52. The van der Waals surface area contributed by atoms with Crippen molar-refractivity contribution in [3.05, 3.63) is 0 Å². The molecular formula is C24H47BrO3. The Kier molecular flexibility index (Phi) is 22.8. The highest BCUT2D eigenvalue weighted by Crippen LogP contribution is 2.22. The van der Waals surface area contributed by atoms with Crippen LogP contribution in [0.3, 0.4) is 0 Å². The summed E-state index contributed by atoms with van der Waals surface area (Å²) in [5, 5.41) is 1.05. The van der Waals surface area contributed by atoms with Crippen LogP contribution in [0.5, 0.6) is 0 Å². The summed E-state index contributed by atoms with van der Waals surface area (Å²) in [4.78, 5) is 11.7. The molecule has 0 saturated heterocycles. The quantitative estimate of drug-likeness (QED) is 0.0969. The number of hydrogen-bond acceptors (Lipinski definition) is 3. The van der Waals surface area contributed by atoms with Crippen LogP contribution in [0.2, 0.25) is 0 Å². The molecule has 0 aromatic heterocycles. The van der Waals surface area contributed by atoms with Crippen LogP contribution in [0.1, 0.15) is 123 Å². The van der Waals surface area contributed by atoms with E-state index in [0.29, 0.717) is 19.1 Å². The molecule has 0 rings (SSSR count). The van der Waals surface area contributed by atoms with Crippen LogP contribution >= 0.6 is 15.9 Å². The molecule has 0 aliphatic carbocycles. The fourth-order valence-electron chi connectivity index (χ4n) is 3.56. The Morgan fingerprint density at radius 1 is 0.643 bits per heavy atom. The molecule has 168 valence electrons. The Labute approximate surface area is 183 Å². The Hall–Kier alpha value is -0.250. The van der Waals surface area contributed by atoms with E-state index >= 15 is 0 Å². The number of hydrogen-bond donors (Lipinski definition) is 0. The van der Waals surface area contributed by atoms with Crippen molar-refractivity contribution in [3.8, 4) is 0 Å². The van der Waals surface area contributed by atoms with Crippen LogP contribution in [0.4, 0.5) is 4.79 Å². The normalized spacial score (nSPS) is 11.1. The summed E-state index contributed by atoms with van der Waals surface area (Å²) in [7, 11) is 0. The Morgan fingerprint density at radius 3 is 1.71 bits per heavy atom. The molecule has 0 bridgehead atoms. The number of rotatable bonds is 21. The van der Waals surface area contributed by atoms with Gasteiger partial charge in [0.15, 0.2) is 0 Å². The molecule has 0 atom stereocenters. The van der Waals surface area contributed by atoms with E-state index in [1.165, 1.54) is 89.9 Å². The molecule has 3 nitrogen and oxygen atoms in total. The molecule has 0 unspecified atom stereocenters. The molecule has 0 spiro atoms. The summed E-state index contributed by atoms with van der Waals surface area (Å²) in [5.74, 6) is 0.695. The standard InChI is InChI=1S/C24H47BrO3/c1-3-5-7-9-13-17-23(18-14-10-8-6-4-2)19-22-28-24(26)27-21-16-12-11-15-20-25/h23H,3-22H2,1-2H3. The molecule has 0 aromatic carbocycles. The van der Waals surface area contributed by atoms with Gasteiger partial charge in [0.1, 0.15) is 0 Å². The van der Waals surface area contributed by atoms with Gasteiger partial charge < -0.3 is 9.47 Å². The van der Waals surface area contributed by atoms with E-state index in [4.69, 9.17) is 9.47 Å². The SMILES string of the molecule is CCCCCCCC(CCCCCCC)CCOC(=O)OCCCCCCBr. The number of halogens is 1. The fourth-order valence-corrected chi connectivity index (χ4v) is 3.96. The van der Waals surface area contributed by atoms with Crippen LogP contribution in [0.15, 0.2) is 0 Å². The van der Waals surface area contributed by atoms with Gasteiger partial charge in [0.25, 0.3) is 0 Å². The van der Waals surface area contributed by atoms with Crippen molar-refractivity contribution in [2.75, 3.05) is 18.5 Å². The smallest absolute Gasteiger partial charge is 0.434 e. The van der Waals surface area contributed by atoms with Crippen LogP contribution in [-0.4, -0.2) is 24.7 Å². The maximum Gasteiger partial charge on any atom is 0.508 e. The summed E-state index contributed by atoms with van der Waals surface area (Å²) >= 11 is 3.43. The largest absolute Gasteiger partial charge is 0.508 e. The second kappa shape index (κ2) is 23.0. The lowest BCUT2D eigenvalue weighted by molar-refractivity contribution is 0.0496. The number of carbonyl (C=O) groups excluding carboxylic acids is 1. The predicted molar refractivity (Wildman–Crippen MR) is 124 cm³/mol. The molecule has 0 fully saturated rings. The van der Waals surface area contributed by atoms with E-state index in [1.54, 1.807) is 0 Å². The number of unbranched alkanes of at least 4 members (excludes halogenated alkanes) is 11. The third kappa shape index (κ3) is 20.5. The summed E-state index contributed by atoms with van der Waals surface area (Å²) in [6, 6.07) is 0. The minimum Gasteiger partial charge on any atom is -0.434 e. The van der Waals surface area contributed by atoms with E-state index in [-0.39, 0.29) is 0 Å². The third-order valence-electron chi connectivity index (χ3n) is 5.43. The lowest BCUT2D eigenvalue weighted by atomic mass is 9.92. The molecule has 4 heteroatoms. The van der Waals surface area contributed by atoms with E-state index in [9.17, 15) is 4.79 Å². The van der Waals surface area contributed by atoms with Gasteiger partial charge in [0.05, 0.1) is 13.2 Å². The maximum atomic E-state index is 11.7. The first kappa shape index (κ1) is 27.8. The minimum absolute atomic E-state index is 0.481. The molecule has 0 aliphatic rings. The lowest BCUT2D eigenvalue weighted by Crippen LogP contribution is -2.12. The second-order valence-corrected chi connectivity index (χ2v) is 8.90. The Balaban J connectivity index is 3.87. The molecule has 0 N–H and O–H groups in total. The van der Waals surface area contributed by atoms with Crippen LogP contribution in [-0.2, 0) is 9.47 Å². The third-order valence-corrected chi connectivity index (χ3v) is 5.99. The number of alkyl halides is 1. The van der Waals surface area contributed by atoms with Crippen LogP contribution in [0.25, 0.3) is 0 Å². The molecule has 0 aliphatic heterocycles. The maximum absolute atomic E-state index is 11.7. The highest BCUT2D eigenvalue weighted by atomic mass is 79.9. The molecule has 0 amide bonds. The van der Waals surface area contributed by atoms with Gasteiger partial charge in [-0.15, -0.1) is 0 Å². The summed E-state index contributed by atoms with van der Waals surface area (Å²) in [6.07, 6.45) is 20.8. The summed E-state index contributed by atoms with van der Waals surface area (Å²) < 4.78 is 10.5. The fraction of sp³-hybridized carbons (Fsp3) is 0.958. The molecule has 0 saturated carbocycles. The predicted octanol–water partition coefficient (Wildman–Crippen LogP) is 8.82. The second-order valence-electron chi connectivity index (χ2n) is 8.11. The Bertz CT molecular complexity index is 309. The molecule has 28 heavy (non-hydrogen) atoms. The zero-order valence-electron chi connectivity index (χ0n) is 18.8. The highest BCUT2D eigenvalue weighted by Gasteiger charge is 2.11. The molecular weight excluding hydrogens is 416 g/mol. The van der Waals surface area contributed by atoms with E-state index in [1.807, 2.05) is 0 Å². The lowest BCUT2D eigenvalue weighted by Gasteiger charge is -2.17. The van der Waals surface area contributed by atoms with E-state index < -0.39 is 6.16 Å². The van der Waals surface area contributed by atoms with Crippen molar-refractivity contribution in [2.24, 2.45) is 5.92 Å². The van der Waals surface area contributed by atoms with Gasteiger partial charge >= 0.3 is 6.16 Å². The highest BCUT2D eigenvalue weighted by molar-refractivity contribution is 9.09. The zero-order chi connectivity index (χ0) is 20.7. The Morgan fingerprint density at radius 2 is 1.14 bits per heavy atom. The van der Waals surface area contributed by atoms with Crippen LogP contribution < -0.4 is 0 Å². The minimum atomic E-state index is -0.481. The first-order valence-electron chi connectivity index (χ1n) is 12.1. The first-order valence-corrected chi connectivity index (χ1v) is 13.2. The van der Waals surface area contributed by atoms with Crippen molar-refractivity contribution in [1.29, 1.82) is 0 Å². The molecule has 0 heterocycles. The van der Waals surface area contributed by atoms with E-state index in [2.05, 4.69) is 29.8 Å². The van der Waals surface area contributed by atoms with Crippen molar-refractivity contribution in [1.82, 2.24) is 0 Å². The molecule has 0 aromatic rings. The number of carbonyl (C=O) groups is 1. The van der Waals surface area contributed by atoms with Gasteiger partial charge in [-0.1, -0.05) is 120 Å². The van der Waals surface area contributed by atoms with Gasteiger partial charge in [0, 0.05) is 5.33 Å². The topological polar surface area (TPSA) is 35.5 Å².